The van der Waals surface area contributed by atoms with Gasteiger partial charge in [-0.3, -0.25) is 14.8 Å². The number of thiophene rings is 1. The average Bonchev–Trinajstić information content (AvgIpc) is 3.38. The maximum absolute atomic E-state index is 12.3. The molecule has 4 aromatic rings. The summed E-state index contributed by atoms with van der Waals surface area (Å²) in [7, 11) is -3.78. The SMILES string of the molecule is O=C(COC(=O)c1ccc(NS(=O)(=O)c2ccc(Cl)s2)cc1)Nc1nc2ccccc2s1. The van der Waals surface area contributed by atoms with Gasteiger partial charge in [0.1, 0.15) is 4.21 Å². The summed E-state index contributed by atoms with van der Waals surface area (Å²) in [4.78, 5) is 28.5. The van der Waals surface area contributed by atoms with E-state index in [0.29, 0.717) is 9.47 Å². The van der Waals surface area contributed by atoms with Gasteiger partial charge in [0.05, 0.1) is 20.1 Å². The molecule has 0 unspecified atom stereocenters. The lowest BCUT2D eigenvalue weighted by atomic mass is 10.2. The monoisotopic (exact) mass is 507 g/mol. The average molecular weight is 508 g/mol. The van der Waals surface area contributed by atoms with E-state index in [2.05, 4.69) is 15.0 Å². The second-order valence-electron chi connectivity index (χ2n) is 6.35. The van der Waals surface area contributed by atoms with E-state index in [9.17, 15) is 18.0 Å². The Balaban J connectivity index is 1.32. The van der Waals surface area contributed by atoms with Gasteiger partial charge in [-0.1, -0.05) is 35.1 Å². The number of anilines is 2. The molecular weight excluding hydrogens is 494 g/mol. The normalized spacial score (nSPS) is 11.3. The Labute approximate surface area is 195 Å². The third-order valence-electron chi connectivity index (χ3n) is 4.06. The van der Waals surface area contributed by atoms with Crippen molar-refractivity contribution in [3.63, 3.8) is 0 Å². The smallest absolute Gasteiger partial charge is 0.338 e. The van der Waals surface area contributed by atoms with Gasteiger partial charge in [-0.05, 0) is 48.5 Å². The van der Waals surface area contributed by atoms with Crippen molar-refractivity contribution in [2.45, 2.75) is 4.21 Å². The number of amides is 1. The predicted molar refractivity (Wildman–Crippen MR) is 125 cm³/mol. The number of carbonyl (C=O) groups is 2. The molecule has 0 aliphatic heterocycles. The molecule has 0 bridgehead atoms. The van der Waals surface area contributed by atoms with Crippen molar-refractivity contribution >= 4 is 77.2 Å². The third kappa shape index (κ3) is 5.25. The lowest BCUT2D eigenvalue weighted by molar-refractivity contribution is -0.119. The van der Waals surface area contributed by atoms with E-state index < -0.39 is 28.5 Å². The van der Waals surface area contributed by atoms with Crippen LogP contribution in [-0.2, 0) is 19.6 Å². The van der Waals surface area contributed by atoms with Crippen LogP contribution >= 0.6 is 34.3 Å². The Bertz CT molecular complexity index is 1360. The van der Waals surface area contributed by atoms with Gasteiger partial charge in [0.25, 0.3) is 15.9 Å². The van der Waals surface area contributed by atoms with Crippen molar-refractivity contribution in [3.8, 4) is 0 Å². The van der Waals surface area contributed by atoms with Crippen molar-refractivity contribution in [1.82, 2.24) is 4.98 Å². The standard InChI is InChI=1S/C20H14ClN3O5S3/c21-16-9-10-18(31-16)32(27,28)24-13-7-5-12(6-8-13)19(26)29-11-17(25)23-20-22-14-3-1-2-4-15(14)30-20/h1-10,24H,11H2,(H,22,23,25). The number of ether oxygens (including phenoxy) is 1. The first-order valence-corrected chi connectivity index (χ1v) is 12.5. The Morgan fingerprint density at radius 2 is 1.75 bits per heavy atom. The molecule has 2 N–H and O–H groups in total. The largest absolute Gasteiger partial charge is 0.452 e. The van der Waals surface area contributed by atoms with Crippen LogP contribution in [0, 0.1) is 0 Å². The maximum atomic E-state index is 12.3. The Kier molecular flexibility index (Phi) is 6.42. The number of hydrogen-bond donors (Lipinski definition) is 2. The molecule has 8 nitrogen and oxygen atoms in total. The maximum Gasteiger partial charge on any atom is 0.338 e. The van der Waals surface area contributed by atoms with Gasteiger partial charge in [0.2, 0.25) is 0 Å². The molecule has 2 aromatic heterocycles. The summed E-state index contributed by atoms with van der Waals surface area (Å²) in [5.74, 6) is -1.24. The summed E-state index contributed by atoms with van der Waals surface area (Å²) in [6, 6.07) is 16.0. The molecule has 0 radical (unpaired) electrons. The lowest BCUT2D eigenvalue weighted by Crippen LogP contribution is -2.20. The van der Waals surface area contributed by atoms with Gasteiger partial charge in [0, 0.05) is 5.69 Å². The number of nitrogens with one attached hydrogen (secondary N) is 2. The van der Waals surface area contributed by atoms with Crippen LogP contribution in [0.25, 0.3) is 10.2 Å². The zero-order valence-corrected chi connectivity index (χ0v) is 19.3. The van der Waals surface area contributed by atoms with E-state index in [-0.39, 0.29) is 15.5 Å². The quantitative estimate of drug-likeness (QED) is 0.353. The fourth-order valence-corrected chi connectivity index (χ4v) is 6.04. The van der Waals surface area contributed by atoms with Crippen LogP contribution in [-0.4, -0.2) is 31.9 Å². The minimum absolute atomic E-state index is 0.0742. The molecule has 1 amide bonds. The van der Waals surface area contributed by atoms with Crippen LogP contribution in [0.4, 0.5) is 10.8 Å². The van der Waals surface area contributed by atoms with E-state index in [1.165, 1.54) is 47.7 Å². The molecule has 32 heavy (non-hydrogen) atoms. The number of carbonyl (C=O) groups excluding carboxylic acids is 2. The van der Waals surface area contributed by atoms with E-state index in [1.54, 1.807) is 0 Å². The Hall–Kier alpha value is -2.99. The molecule has 0 fully saturated rings. The first-order chi connectivity index (χ1) is 15.3. The first-order valence-electron chi connectivity index (χ1n) is 9.01. The van der Waals surface area contributed by atoms with Gasteiger partial charge >= 0.3 is 5.97 Å². The second-order valence-corrected chi connectivity index (χ2v) is 11.0. The van der Waals surface area contributed by atoms with Gasteiger partial charge in [-0.15, -0.1) is 11.3 Å². The van der Waals surface area contributed by atoms with E-state index in [0.717, 1.165) is 21.6 Å². The van der Waals surface area contributed by atoms with Gasteiger partial charge in [0.15, 0.2) is 11.7 Å². The molecule has 2 aromatic carbocycles. The van der Waals surface area contributed by atoms with Crippen LogP contribution in [0.1, 0.15) is 10.4 Å². The summed E-state index contributed by atoms with van der Waals surface area (Å²) in [6.07, 6.45) is 0. The summed E-state index contributed by atoms with van der Waals surface area (Å²) in [5, 5.41) is 3.01. The number of para-hydroxylation sites is 1. The molecule has 2 heterocycles. The highest BCUT2D eigenvalue weighted by Crippen LogP contribution is 2.27. The van der Waals surface area contributed by atoms with E-state index in [4.69, 9.17) is 16.3 Å². The van der Waals surface area contributed by atoms with E-state index >= 15 is 0 Å². The molecule has 0 atom stereocenters. The number of fused-ring (bicyclic) bond motifs is 1. The molecule has 0 spiro atoms. The molecule has 164 valence electrons. The van der Waals surface area contributed by atoms with Crippen molar-refractivity contribution in [2.24, 2.45) is 0 Å². The number of nitrogens with zero attached hydrogens (tertiary/aromatic N) is 1. The molecule has 0 aliphatic carbocycles. The number of hydrogen-bond acceptors (Lipinski definition) is 8. The van der Waals surface area contributed by atoms with Crippen LogP contribution < -0.4 is 10.0 Å². The molecule has 12 heteroatoms. The minimum atomic E-state index is -3.78. The fourth-order valence-electron chi connectivity index (χ4n) is 2.62. The van der Waals surface area contributed by atoms with Crippen LogP contribution in [0.2, 0.25) is 4.34 Å². The third-order valence-corrected chi connectivity index (χ3v) is 8.12. The molecule has 4 rings (SSSR count). The summed E-state index contributed by atoms with van der Waals surface area (Å²) < 4.78 is 33.4. The number of rotatable bonds is 7. The highest BCUT2D eigenvalue weighted by Gasteiger charge is 2.17. The number of sulfonamides is 1. The Morgan fingerprint density at radius 3 is 2.44 bits per heavy atom. The van der Waals surface area contributed by atoms with Crippen LogP contribution in [0.5, 0.6) is 0 Å². The van der Waals surface area contributed by atoms with Gasteiger partial charge < -0.3 is 4.74 Å². The van der Waals surface area contributed by atoms with Crippen molar-refractivity contribution in [2.75, 3.05) is 16.6 Å². The predicted octanol–water partition coefficient (Wildman–Crippen LogP) is 4.61. The summed E-state index contributed by atoms with van der Waals surface area (Å²) in [5.41, 5.74) is 1.20. The number of benzene rings is 2. The van der Waals surface area contributed by atoms with Crippen molar-refractivity contribution in [3.05, 3.63) is 70.6 Å². The molecule has 0 saturated carbocycles. The zero-order chi connectivity index (χ0) is 22.7. The van der Waals surface area contributed by atoms with Gasteiger partial charge in [-0.25, -0.2) is 18.2 Å². The topological polar surface area (TPSA) is 114 Å². The lowest BCUT2D eigenvalue weighted by Gasteiger charge is -2.08. The van der Waals surface area contributed by atoms with Crippen molar-refractivity contribution < 1.29 is 22.7 Å². The van der Waals surface area contributed by atoms with Crippen LogP contribution in [0.15, 0.2) is 64.9 Å². The van der Waals surface area contributed by atoms with E-state index in [1.807, 2.05) is 24.3 Å². The highest BCUT2D eigenvalue weighted by molar-refractivity contribution is 7.94. The highest BCUT2D eigenvalue weighted by atomic mass is 35.5. The molecular formula is C20H14ClN3O5S3. The van der Waals surface area contributed by atoms with Crippen molar-refractivity contribution in [1.29, 1.82) is 0 Å². The fraction of sp³-hybridized carbons (Fsp3) is 0.0500. The van der Waals surface area contributed by atoms with Gasteiger partial charge in [-0.2, -0.15) is 0 Å². The number of thiazole rings is 1. The first kappa shape index (κ1) is 22.2. The van der Waals surface area contributed by atoms with Crippen LogP contribution in [0.3, 0.4) is 0 Å². The molecule has 0 aliphatic rings. The Morgan fingerprint density at radius 1 is 1.00 bits per heavy atom. The number of halogens is 1. The zero-order valence-electron chi connectivity index (χ0n) is 16.1. The number of aromatic nitrogens is 1. The second kappa shape index (κ2) is 9.25. The number of esters is 1. The summed E-state index contributed by atoms with van der Waals surface area (Å²) in [6.45, 7) is -0.484. The summed E-state index contributed by atoms with van der Waals surface area (Å²) >= 11 is 8.03. The minimum Gasteiger partial charge on any atom is -0.452 e. The molecule has 0 saturated heterocycles.